The largest absolute Gasteiger partial charge is 0.388 e. The van der Waals surface area contributed by atoms with E-state index in [0.29, 0.717) is 22.0 Å². The molecule has 158 valence electrons. The molecule has 0 aliphatic heterocycles. The number of pyridine rings is 1. The molecule has 31 heavy (non-hydrogen) atoms. The Balaban J connectivity index is 1.82. The summed E-state index contributed by atoms with van der Waals surface area (Å²) in [7, 11) is 0. The molecule has 4 aromatic rings. The normalized spacial score (nSPS) is 13.8. The van der Waals surface area contributed by atoms with Crippen molar-refractivity contribution in [1.29, 1.82) is 0 Å². The molecule has 5 nitrogen and oxygen atoms in total. The molecule has 0 aliphatic rings. The van der Waals surface area contributed by atoms with Crippen molar-refractivity contribution in [2.45, 2.75) is 31.9 Å². The number of H-pyrrole nitrogens is 1. The lowest BCUT2D eigenvalue weighted by atomic mass is 9.78. The van der Waals surface area contributed by atoms with Gasteiger partial charge in [0.05, 0.1) is 22.2 Å². The van der Waals surface area contributed by atoms with Crippen molar-refractivity contribution >= 4 is 27.7 Å². The lowest BCUT2D eigenvalue weighted by molar-refractivity contribution is -0.0142. The van der Waals surface area contributed by atoms with Gasteiger partial charge in [-0.15, -0.1) is 0 Å². The monoisotopic (exact) mass is 418 g/mol. The number of para-hydroxylation sites is 1. The smallest absolute Gasteiger partial charge is 0.255 e. The zero-order chi connectivity index (χ0) is 22.4. The van der Waals surface area contributed by atoms with Crippen molar-refractivity contribution in [1.82, 2.24) is 10.3 Å². The van der Waals surface area contributed by atoms with E-state index in [1.165, 1.54) is 6.07 Å². The second-order valence-electron chi connectivity index (χ2n) is 8.38. The summed E-state index contributed by atoms with van der Waals surface area (Å²) in [5.74, 6) is -1.50. The molecule has 1 aromatic heterocycles. The van der Waals surface area contributed by atoms with E-state index in [1.807, 2.05) is 6.07 Å². The van der Waals surface area contributed by atoms with Crippen LogP contribution in [0.15, 0.2) is 71.5 Å². The summed E-state index contributed by atoms with van der Waals surface area (Å²) in [5, 5.41) is 14.2. The van der Waals surface area contributed by atoms with Gasteiger partial charge in [-0.05, 0) is 50.6 Å². The van der Waals surface area contributed by atoms with Crippen LogP contribution < -0.4 is 10.7 Å². The van der Waals surface area contributed by atoms with E-state index in [4.69, 9.17) is 0 Å². The molecule has 0 saturated carbocycles. The summed E-state index contributed by atoms with van der Waals surface area (Å²) in [6.45, 7) is 4.86. The highest BCUT2D eigenvalue weighted by Crippen LogP contribution is 2.33. The Morgan fingerprint density at radius 3 is 2.26 bits per heavy atom. The summed E-state index contributed by atoms with van der Waals surface area (Å²) >= 11 is 0. The van der Waals surface area contributed by atoms with Crippen molar-refractivity contribution in [3.8, 4) is 0 Å². The number of aromatic amines is 1. The van der Waals surface area contributed by atoms with Gasteiger partial charge in [0.2, 0.25) is 0 Å². The van der Waals surface area contributed by atoms with E-state index < -0.39 is 22.9 Å². The Bertz CT molecular complexity index is 1360. The first-order valence-electron chi connectivity index (χ1n) is 9.96. The number of rotatable bonds is 4. The van der Waals surface area contributed by atoms with E-state index in [1.54, 1.807) is 69.3 Å². The van der Waals surface area contributed by atoms with Crippen molar-refractivity contribution in [2.75, 3.05) is 0 Å². The molecule has 3 aromatic carbocycles. The minimum Gasteiger partial charge on any atom is -0.388 e. The molecule has 4 rings (SSSR count). The molecule has 1 heterocycles. The zero-order valence-electron chi connectivity index (χ0n) is 17.5. The number of nitrogens with one attached hydrogen (secondary N) is 2. The van der Waals surface area contributed by atoms with Crippen LogP contribution >= 0.6 is 0 Å². The first-order chi connectivity index (χ1) is 14.6. The van der Waals surface area contributed by atoms with Crippen LogP contribution in [-0.4, -0.2) is 21.6 Å². The van der Waals surface area contributed by atoms with E-state index >= 15 is 0 Å². The summed E-state index contributed by atoms with van der Waals surface area (Å²) in [6.07, 6.45) is 0. The molecular formula is C25H23FN2O3. The Morgan fingerprint density at radius 1 is 0.935 bits per heavy atom. The lowest BCUT2D eigenvalue weighted by Gasteiger charge is -2.41. The van der Waals surface area contributed by atoms with Crippen LogP contribution in [0.1, 0.15) is 36.7 Å². The fourth-order valence-electron chi connectivity index (χ4n) is 3.76. The van der Waals surface area contributed by atoms with Crippen LogP contribution in [0.3, 0.4) is 0 Å². The predicted octanol–water partition coefficient (Wildman–Crippen LogP) is 4.24. The number of carbonyl (C=O) groups is 1. The van der Waals surface area contributed by atoms with Crippen LogP contribution in [0.5, 0.6) is 0 Å². The third-order valence-electron chi connectivity index (χ3n) is 5.98. The zero-order valence-corrected chi connectivity index (χ0v) is 17.5. The molecule has 1 amide bonds. The lowest BCUT2D eigenvalue weighted by Crippen LogP contribution is -2.57. The van der Waals surface area contributed by atoms with Crippen molar-refractivity contribution in [2.24, 2.45) is 0 Å². The Labute approximate surface area is 178 Å². The van der Waals surface area contributed by atoms with Crippen LogP contribution in [0.2, 0.25) is 0 Å². The van der Waals surface area contributed by atoms with E-state index in [9.17, 15) is 19.1 Å². The van der Waals surface area contributed by atoms with Gasteiger partial charge in [-0.2, -0.15) is 0 Å². The molecule has 1 atom stereocenters. The second-order valence-corrected chi connectivity index (χ2v) is 8.38. The maximum Gasteiger partial charge on any atom is 0.255 e. The fourth-order valence-corrected chi connectivity index (χ4v) is 3.76. The van der Waals surface area contributed by atoms with E-state index in [-0.39, 0.29) is 16.4 Å². The van der Waals surface area contributed by atoms with Gasteiger partial charge in [-0.1, -0.05) is 42.5 Å². The Hall–Kier alpha value is -3.51. The number of benzene rings is 3. The van der Waals surface area contributed by atoms with Crippen LogP contribution in [0.4, 0.5) is 4.39 Å². The molecule has 0 aliphatic carbocycles. The van der Waals surface area contributed by atoms with Gasteiger partial charge >= 0.3 is 0 Å². The molecule has 0 saturated heterocycles. The number of hydrogen-bond acceptors (Lipinski definition) is 3. The Kier molecular flexibility index (Phi) is 4.90. The third kappa shape index (κ3) is 3.49. The molecule has 6 heteroatoms. The quantitative estimate of drug-likeness (QED) is 0.434. The highest BCUT2D eigenvalue weighted by atomic mass is 19.1. The topological polar surface area (TPSA) is 82.2 Å². The first-order valence-corrected chi connectivity index (χ1v) is 9.96. The van der Waals surface area contributed by atoms with E-state index in [0.717, 1.165) is 6.07 Å². The number of halogens is 1. The maximum atomic E-state index is 14.9. The van der Waals surface area contributed by atoms with Gasteiger partial charge in [0.1, 0.15) is 5.82 Å². The number of fused-ring (bicyclic) bond motifs is 2. The van der Waals surface area contributed by atoms with Crippen molar-refractivity contribution < 1.29 is 14.3 Å². The first kappa shape index (κ1) is 20.8. The van der Waals surface area contributed by atoms with Gasteiger partial charge in [0.15, 0.2) is 5.43 Å². The van der Waals surface area contributed by atoms with Gasteiger partial charge in [-0.3, -0.25) is 9.59 Å². The summed E-state index contributed by atoms with van der Waals surface area (Å²) in [4.78, 5) is 29.0. The fraction of sp³-hybridized carbons (Fsp3) is 0.200. The molecule has 0 fully saturated rings. The number of aliphatic hydroxyl groups is 1. The summed E-state index contributed by atoms with van der Waals surface area (Å²) in [6, 6.07) is 18.4. The average Bonchev–Trinajstić information content (AvgIpc) is 2.74. The predicted molar refractivity (Wildman–Crippen MR) is 120 cm³/mol. The van der Waals surface area contributed by atoms with Crippen LogP contribution in [0, 0.1) is 5.82 Å². The minimum absolute atomic E-state index is 0.168. The highest BCUT2D eigenvalue weighted by molar-refractivity contribution is 6.00. The van der Waals surface area contributed by atoms with Crippen molar-refractivity contribution in [3.63, 3.8) is 0 Å². The molecular weight excluding hydrogens is 395 g/mol. The van der Waals surface area contributed by atoms with Gasteiger partial charge in [0.25, 0.3) is 5.91 Å². The molecule has 0 bridgehead atoms. The van der Waals surface area contributed by atoms with Crippen LogP contribution in [-0.2, 0) is 5.54 Å². The molecule has 0 radical (unpaired) electrons. The number of hydrogen-bond donors (Lipinski definition) is 3. The SMILES string of the molecule is CC(C)(O)C(C)(NC(=O)c1cc2[nH]c3ccccc3c(=O)c2cc1F)c1ccccc1. The summed E-state index contributed by atoms with van der Waals surface area (Å²) < 4.78 is 14.9. The van der Waals surface area contributed by atoms with Gasteiger partial charge in [-0.25, -0.2) is 4.39 Å². The van der Waals surface area contributed by atoms with Gasteiger partial charge in [0, 0.05) is 16.3 Å². The number of carbonyl (C=O) groups excluding carboxylic acids is 1. The molecule has 1 unspecified atom stereocenters. The van der Waals surface area contributed by atoms with Crippen LogP contribution in [0.25, 0.3) is 21.8 Å². The maximum absolute atomic E-state index is 14.9. The number of amides is 1. The van der Waals surface area contributed by atoms with Gasteiger partial charge < -0.3 is 15.4 Å². The highest BCUT2D eigenvalue weighted by Gasteiger charge is 2.42. The third-order valence-corrected chi connectivity index (χ3v) is 5.98. The molecule has 0 spiro atoms. The summed E-state index contributed by atoms with van der Waals surface area (Å²) in [5.41, 5.74) is -1.42. The standard InChI is InChI=1S/C25H23FN2O3/c1-24(2,31)25(3,15-9-5-4-6-10-15)28-23(30)17-14-21-18(13-19(17)26)22(29)16-11-7-8-12-20(16)27-21/h4-14,31H,1-3H3,(H,27,29)(H,28,30). The molecule has 3 N–H and O–H groups in total. The minimum atomic E-state index is -1.35. The average molecular weight is 418 g/mol. The van der Waals surface area contributed by atoms with E-state index in [2.05, 4.69) is 10.3 Å². The Morgan fingerprint density at radius 2 is 1.58 bits per heavy atom. The number of aromatic nitrogens is 1. The van der Waals surface area contributed by atoms with Crippen molar-refractivity contribution in [3.05, 3.63) is 93.9 Å². The second kappa shape index (κ2) is 7.32.